The van der Waals surface area contributed by atoms with E-state index in [-0.39, 0.29) is 0 Å². The van der Waals surface area contributed by atoms with E-state index in [2.05, 4.69) is 86.6 Å². The van der Waals surface area contributed by atoms with Gasteiger partial charge in [0, 0.05) is 0 Å². The highest BCUT2D eigenvalue weighted by atomic mass is 14.1. The van der Waals surface area contributed by atoms with Crippen LogP contribution >= 0.6 is 0 Å². The number of hydrogen-bond acceptors (Lipinski definition) is 0. The number of unbranched alkanes of at least 4 members (excludes halogenated alkanes) is 6. The Morgan fingerprint density at radius 2 is 0.781 bits per heavy atom. The molecule has 0 nitrogen and oxygen atoms in total. The monoisotopic (exact) mass is 426 g/mol. The normalized spacial score (nSPS) is 11.1. The molecule has 3 aromatic carbocycles. The van der Waals surface area contributed by atoms with E-state index in [0.717, 1.165) is 12.8 Å². The molecule has 0 N–H and O–H groups in total. The Kier molecular flexibility index (Phi) is 10.6. The lowest BCUT2D eigenvalue weighted by atomic mass is 9.93. The molecule has 0 saturated heterocycles. The molecule has 0 atom stereocenters. The second-order valence-electron chi connectivity index (χ2n) is 9.33. The molecule has 0 saturated carbocycles. The van der Waals surface area contributed by atoms with Gasteiger partial charge in [-0.25, -0.2) is 0 Å². The van der Waals surface area contributed by atoms with Gasteiger partial charge in [0.2, 0.25) is 0 Å². The van der Waals surface area contributed by atoms with Crippen LogP contribution in [0.5, 0.6) is 0 Å². The van der Waals surface area contributed by atoms with E-state index in [0.29, 0.717) is 0 Å². The zero-order valence-electron chi connectivity index (χ0n) is 20.4. The van der Waals surface area contributed by atoms with E-state index in [1.54, 1.807) is 0 Å². The van der Waals surface area contributed by atoms with E-state index < -0.39 is 0 Å². The Morgan fingerprint density at radius 3 is 1.16 bits per heavy atom. The van der Waals surface area contributed by atoms with Gasteiger partial charge in [0.25, 0.3) is 0 Å². The van der Waals surface area contributed by atoms with Crippen molar-refractivity contribution in [2.24, 2.45) is 0 Å². The fourth-order valence-electron chi connectivity index (χ4n) is 4.65. The van der Waals surface area contributed by atoms with Crippen LogP contribution in [0, 0.1) is 0 Å². The van der Waals surface area contributed by atoms with Gasteiger partial charge in [-0.1, -0.05) is 125 Å². The van der Waals surface area contributed by atoms with Crippen molar-refractivity contribution in [3.63, 3.8) is 0 Å². The Balaban J connectivity index is 1.60. The number of rotatable bonds is 14. The predicted octanol–water partition coefficient (Wildman–Crippen LogP) is 9.11. The van der Waals surface area contributed by atoms with Crippen molar-refractivity contribution in [2.75, 3.05) is 0 Å². The summed E-state index contributed by atoms with van der Waals surface area (Å²) in [5.41, 5.74) is 8.89. The minimum atomic E-state index is 1.04. The van der Waals surface area contributed by atoms with E-state index in [1.807, 2.05) is 0 Å². The van der Waals surface area contributed by atoms with E-state index in [4.69, 9.17) is 0 Å². The Hall–Kier alpha value is -2.34. The van der Waals surface area contributed by atoms with Crippen LogP contribution in [-0.2, 0) is 25.7 Å². The lowest BCUT2D eigenvalue weighted by Gasteiger charge is -2.12. The largest absolute Gasteiger partial charge is 0.0654 e. The maximum atomic E-state index is 2.34. The van der Waals surface area contributed by atoms with Crippen molar-refractivity contribution < 1.29 is 0 Å². The van der Waals surface area contributed by atoms with Crippen molar-refractivity contribution in [3.8, 4) is 0 Å². The first kappa shape index (κ1) is 24.3. The van der Waals surface area contributed by atoms with E-state index in [9.17, 15) is 0 Å². The Labute approximate surface area is 197 Å². The van der Waals surface area contributed by atoms with Gasteiger partial charge in [-0.2, -0.15) is 0 Å². The molecule has 3 rings (SSSR count). The van der Waals surface area contributed by atoms with Crippen LogP contribution in [0.1, 0.15) is 98.6 Å². The number of aryl methyl sites for hydroxylation is 2. The molecule has 0 spiro atoms. The summed E-state index contributed by atoms with van der Waals surface area (Å²) in [5.74, 6) is 0. The summed E-state index contributed by atoms with van der Waals surface area (Å²) < 4.78 is 0. The Morgan fingerprint density at radius 1 is 0.406 bits per heavy atom. The molecule has 0 aliphatic carbocycles. The van der Waals surface area contributed by atoms with Crippen LogP contribution < -0.4 is 0 Å². The second-order valence-corrected chi connectivity index (χ2v) is 9.33. The fraction of sp³-hybridized carbons (Fsp3) is 0.438. The van der Waals surface area contributed by atoms with Gasteiger partial charge in [0.15, 0.2) is 0 Å². The van der Waals surface area contributed by atoms with Gasteiger partial charge >= 0.3 is 0 Å². The maximum Gasteiger partial charge on any atom is -0.00230 e. The Bertz CT molecular complexity index is 827. The topological polar surface area (TPSA) is 0 Å². The molecule has 170 valence electrons. The summed E-state index contributed by atoms with van der Waals surface area (Å²) in [6.45, 7) is 4.56. The molecular weight excluding hydrogens is 384 g/mol. The average molecular weight is 427 g/mol. The van der Waals surface area contributed by atoms with Crippen LogP contribution in [0.2, 0.25) is 0 Å². The quantitative estimate of drug-likeness (QED) is 0.225. The van der Waals surface area contributed by atoms with Crippen LogP contribution in [-0.4, -0.2) is 0 Å². The lowest BCUT2D eigenvalue weighted by molar-refractivity contribution is 0.665. The van der Waals surface area contributed by atoms with Gasteiger partial charge in [0.1, 0.15) is 0 Å². The van der Waals surface area contributed by atoms with Crippen LogP contribution in [0.3, 0.4) is 0 Å². The molecule has 0 heterocycles. The zero-order valence-corrected chi connectivity index (χ0v) is 20.4. The molecule has 0 aromatic heterocycles. The standard InChI is InChI=1S/C32H42/c1-3-5-7-9-15-29-17-11-13-19-31(29)25-27-21-23-28(24-22-27)26-32-20-14-12-18-30(32)16-10-8-6-4-2/h11-14,17-24H,3-10,15-16,25-26H2,1-2H3. The third-order valence-corrected chi connectivity index (χ3v) is 6.65. The number of benzene rings is 3. The van der Waals surface area contributed by atoms with E-state index >= 15 is 0 Å². The third-order valence-electron chi connectivity index (χ3n) is 6.65. The highest BCUT2D eigenvalue weighted by Crippen LogP contribution is 2.20. The molecule has 0 heteroatoms. The summed E-state index contributed by atoms with van der Waals surface area (Å²) >= 11 is 0. The molecule has 0 aliphatic rings. The molecular formula is C32H42. The summed E-state index contributed by atoms with van der Waals surface area (Å²) in [4.78, 5) is 0. The summed E-state index contributed by atoms with van der Waals surface area (Å²) in [7, 11) is 0. The predicted molar refractivity (Wildman–Crippen MR) is 141 cm³/mol. The minimum Gasteiger partial charge on any atom is -0.0654 e. The van der Waals surface area contributed by atoms with Gasteiger partial charge in [0.05, 0.1) is 0 Å². The molecule has 0 radical (unpaired) electrons. The van der Waals surface area contributed by atoms with Crippen molar-refractivity contribution in [1.82, 2.24) is 0 Å². The van der Waals surface area contributed by atoms with Crippen molar-refractivity contribution in [3.05, 3.63) is 106 Å². The fourth-order valence-corrected chi connectivity index (χ4v) is 4.65. The van der Waals surface area contributed by atoms with Gasteiger partial charge < -0.3 is 0 Å². The smallest absolute Gasteiger partial charge is 0.00230 e. The molecule has 3 aromatic rings. The first-order valence-corrected chi connectivity index (χ1v) is 13.0. The molecule has 32 heavy (non-hydrogen) atoms. The summed E-state index contributed by atoms with van der Waals surface area (Å²) in [6.07, 6.45) is 15.1. The molecule has 0 unspecified atom stereocenters. The van der Waals surface area contributed by atoms with Crippen LogP contribution in [0.15, 0.2) is 72.8 Å². The molecule has 0 aliphatic heterocycles. The van der Waals surface area contributed by atoms with Gasteiger partial charge in [-0.15, -0.1) is 0 Å². The highest BCUT2D eigenvalue weighted by Gasteiger charge is 2.06. The molecule has 0 fully saturated rings. The summed E-state index contributed by atoms with van der Waals surface area (Å²) in [5, 5.41) is 0. The summed E-state index contributed by atoms with van der Waals surface area (Å²) in [6, 6.07) is 27.4. The van der Waals surface area contributed by atoms with Crippen LogP contribution in [0.4, 0.5) is 0 Å². The maximum absolute atomic E-state index is 2.34. The lowest BCUT2D eigenvalue weighted by Crippen LogP contribution is -1.98. The van der Waals surface area contributed by atoms with E-state index in [1.165, 1.54) is 97.6 Å². The first-order valence-electron chi connectivity index (χ1n) is 13.0. The van der Waals surface area contributed by atoms with Crippen molar-refractivity contribution in [1.29, 1.82) is 0 Å². The first-order chi connectivity index (χ1) is 15.8. The SMILES string of the molecule is CCCCCCc1ccccc1Cc1ccc(Cc2ccccc2CCCCCC)cc1. The number of hydrogen-bond donors (Lipinski definition) is 0. The second kappa shape index (κ2) is 13.9. The molecule has 0 amide bonds. The minimum absolute atomic E-state index is 1.04. The van der Waals surface area contributed by atoms with Crippen LogP contribution in [0.25, 0.3) is 0 Å². The molecule has 0 bridgehead atoms. The van der Waals surface area contributed by atoms with Crippen molar-refractivity contribution >= 4 is 0 Å². The van der Waals surface area contributed by atoms with Gasteiger partial charge in [-0.3, -0.25) is 0 Å². The van der Waals surface area contributed by atoms with Crippen molar-refractivity contribution in [2.45, 2.75) is 90.9 Å². The third kappa shape index (κ3) is 7.97. The zero-order chi connectivity index (χ0) is 22.4. The van der Waals surface area contributed by atoms with Gasteiger partial charge in [-0.05, 0) is 71.9 Å². The highest BCUT2D eigenvalue weighted by molar-refractivity contribution is 5.37. The average Bonchev–Trinajstić information content (AvgIpc) is 2.83.